The van der Waals surface area contributed by atoms with E-state index >= 15 is 0 Å². The first-order chi connectivity index (χ1) is 12.4. The lowest BCUT2D eigenvalue weighted by molar-refractivity contribution is 1.21. The molecular weight excluding hydrogens is 304 g/mol. The lowest BCUT2D eigenvalue weighted by Crippen LogP contribution is -1.95. The molecule has 0 spiro atoms. The molecule has 25 heavy (non-hydrogen) atoms. The van der Waals surface area contributed by atoms with Crippen molar-refractivity contribution in [3.63, 3.8) is 0 Å². The molecule has 0 N–H and O–H groups in total. The fourth-order valence-electron chi connectivity index (χ4n) is 3.58. The van der Waals surface area contributed by atoms with E-state index in [9.17, 15) is 0 Å². The Morgan fingerprint density at radius 2 is 1.48 bits per heavy atom. The highest BCUT2D eigenvalue weighted by molar-refractivity contribution is 5.84. The second-order valence-electron chi connectivity index (χ2n) is 6.30. The molecule has 0 atom stereocenters. The number of aromatic nitrogens is 2. The molecule has 118 valence electrons. The largest absolute Gasteiger partial charge is 0.256 e. The summed E-state index contributed by atoms with van der Waals surface area (Å²) >= 11 is 0. The topological polar surface area (TPSA) is 25.8 Å². The van der Waals surface area contributed by atoms with Gasteiger partial charge < -0.3 is 0 Å². The number of hydrogen-bond donors (Lipinski definition) is 0. The zero-order valence-corrected chi connectivity index (χ0v) is 13.7. The molecule has 1 aliphatic rings. The second-order valence-corrected chi connectivity index (χ2v) is 6.30. The average Bonchev–Trinajstić information content (AvgIpc) is 3.07. The zero-order valence-electron chi connectivity index (χ0n) is 13.7. The molecule has 0 radical (unpaired) electrons. The van der Waals surface area contributed by atoms with Crippen molar-refractivity contribution >= 4 is 0 Å². The quantitative estimate of drug-likeness (QED) is 0.436. The van der Waals surface area contributed by atoms with Crippen molar-refractivity contribution in [2.24, 2.45) is 0 Å². The van der Waals surface area contributed by atoms with Crippen LogP contribution in [0.1, 0.15) is 11.1 Å². The van der Waals surface area contributed by atoms with Gasteiger partial charge in [-0.05, 0) is 29.3 Å². The van der Waals surface area contributed by atoms with Crippen molar-refractivity contribution in [1.29, 1.82) is 0 Å². The molecule has 2 heterocycles. The summed E-state index contributed by atoms with van der Waals surface area (Å²) in [5, 5.41) is 0. The fraction of sp³-hybridized carbons (Fsp3) is 0.0435. The third-order valence-electron chi connectivity index (χ3n) is 4.77. The molecule has 2 nitrogen and oxygen atoms in total. The van der Waals surface area contributed by atoms with Crippen LogP contribution in [0.25, 0.3) is 33.8 Å². The molecule has 0 amide bonds. The summed E-state index contributed by atoms with van der Waals surface area (Å²) in [5.74, 6) is 0. The van der Waals surface area contributed by atoms with Gasteiger partial charge in [0.15, 0.2) is 0 Å². The zero-order chi connectivity index (χ0) is 16.6. The summed E-state index contributed by atoms with van der Waals surface area (Å²) in [7, 11) is 0. The van der Waals surface area contributed by atoms with Gasteiger partial charge in [-0.1, -0.05) is 60.7 Å². The van der Waals surface area contributed by atoms with Crippen molar-refractivity contribution in [3.8, 4) is 33.8 Å². The van der Waals surface area contributed by atoms with Crippen LogP contribution >= 0.6 is 0 Å². The molecule has 4 aromatic rings. The normalized spacial score (nSPS) is 11.8. The average molecular weight is 320 g/mol. The minimum atomic E-state index is 0.916. The second kappa shape index (κ2) is 5.67. The van der Waals surface area contributed by atoms with Crippen LogP contribution in [0.4, 0.5) is 0 Å². The molecule has 0 bridgehead atoms. The number of nitrogens with zero attached hydrogens (tertiary/aromatic N) is 2. The van der Waals surface area contributed by atoms with Crippen molar-refractivity contribution in [2.75, 3.05) is 0 Å². The van der Waals surface area contributed by atoms with Gasteiger partial charge in [0.25, 0.3) is 0 Å². The van der Waals surface area contributed by atoms with Gasteiger partial charge in [-0.3, -0.25) is 4.98 Å². The van der Waals surface area contributed by atoms with Crippen molar-refractivity contribution in [2.45, 2.75) is 6.42 Å². The highest BCUT2D eigenvalue weighted by atomic mass is 14.7. The van der Waals surface area contributed by atoms with Crippen molar-refractivity contribution in [3.05, 3.63) is 96.2 Å². The number of rotatable bonds is 2. The van der Waals surface area contributed by atoms with Crippen LogP contribution in [0.5, 0.6) is 0 Å². The maximum Gasteiger partial charge on any atom is 0.0754 e. The van der Waals surface area contributed by atoms with Gasteiger partial charge in [0.1, 0.15) is 0 Å². The molecule has 0 aliphatic heterocycles. The van der Waals surface area contributed by atoms with E-state index in [-0.39, 0.29) is 0 Å². The predicted molar refractivity (Wildman–Crippen MR) is 101 cm³/mol. The van der Waals surface area contributed by atoms with Crippen LogP contribution in [0.3, 0.4) is 0 Å². The Morgan fingerprint density at radius 3 is 2.32 bits per heavy atom. The standard InChI is InChI=1S/C23H16N2/c1-2-8-16(9-3-1)22-15-19(21-12-6-7-13-24-21)20-14-17-10-4-5-11-18(17)23(20)25-22/h1-13,15H,14H2. The first-order valence-electron chi connectivity index (χ1n) is 8.49. The van der Waals surface area contributed by atoms with E-state index in [2.05, 4.69) is 65.6 Å². The lowest BCUT2D eigenvalue weighted by Gasteiger charge is -2.11. The Balaban J connectivity index is 1.80. The number of fused-ring (bicyclic) bond motifs is 3. The SMILES string of the molecule is c1ccc(-c2cc(-c3ccccn3)c3c(n2)-c2ccccc2C3)cc1. The highest BCUT2D eigenvalue weighted by Crippen LogP contribution is 2.41. The number of benzene rings is 2. The molecule has 2 aromatic heterocycles. The predicted octanol–water partition coefficient (Wildman–Crippen LogP) is 5.38. The van der Waals surface area contributed by atoms with E-state index in [0.29, 0.717) is 0 Å². The summed E-state index contributed by atoms with van der Waals surface area (Å²) in [6, 6.07) is 27.2. The minimum absolute atomic E-state index is 0.916. The molecule has 0 saturated carbocycles. The molecule has 0 saturated heterocycles. The van der Waals surface area contributed by atoms with Gasteiger partial charge in [-0.15, -0.1) is 0 Å². The van der Waals surface area contributed by atoms with E-state index in [0.717, 1.165) is 29.1 Å². The number of hydrogen-bond acceptors (Lipinski definition) is 2. The molecule has 1 aliphatic carbocycles. The van der Waals surface area contributed by atoms with Crippen LogP contribution in [0.2, 0.25) is 0 Å². The fourth-order valence-corrected chi connectivity index (χ4v) is 3.58. The van der Waals surface area contributed by atoms with Gasteiger partial charge in [0.2, 0.25) is 0 Å². The molecule has 5 rings (SSSR count). The van der Waals surface area contributed by atoms with Crippen molar-refractivity contribution < 1.29 is 0 Å². The minimum Gasteiger partial charge on any atom is -0.256 e. The van der Waals surface area contributed by atoms with E-state index < -0.39 is 0 Å². The summed E-state index contributed by atoms with van der Waals surface area (Å²) in [6.07, 6.45) is 2.77. The van der Waals surface area contributed by atoms with Gasteiger partial charge in [-0.25, -0.2) is 4.98 Å². The van der Waals surface area contributed by atoms with Gasteiger partial charge in [-0.2, -0.15) is 0 Å². The van der Waals surface area contributed by atoms with Crippen LogP contribution in [0.15, 0.2) is 85.1 Å². The first kappa shape index (κ1) is 14.1. The highest BCUT2D eigenvalue weighted by Gasteiger charge is 2.24. The Kier molecular flexibility index (Phi) is 3.20. The Labute approximate surface area is 146 Å². The Morgan fingerprint density at radius 1 is 0.680 bits per heavy atom. The summed E-state index contributed by atoms with van der Waals surface area (Å²) in [4.78, 5) is 9.62. The Hall–Kier alpha value is -3.26. The maximum absolute atomic E-state index is 5.02. The molecular formula is C23H16N2. The molecule has 2 aromatic carbocycles. The monoisotopic (exact) mass is 320 g/mol. The van der Waals surface area contributed by atoms with Crippen molar-refractivity contribution in [1.82, 2.24) is 9.97 Å². The first-order valence-corrected chi connectivity index (χ1v) is 8.49. The third kappa shape index (κ3) is 2.34. The van der Waals surface area contributed by atoms with Crippen LogP contribution in [-0.2, 0) is 6.42 Å². The van der Waals surface area contributed by atoms with Gasteiger partial charge in [0.05, 0.1) is 17.1 Å². The number of pyridine rings is 2. The van der Waals surface area contributed by atoms with E-state index in [1.165, 1.54) is 22.3 Å². The van der Waals surface area contributed by atoms with Gasteiger partial charge >= 0.3 is 0 Å². The Bertz CT molecular complexity index is 1050. The summed E-state index contributed by atoms with van der Waals surface area (Å²) < 4.78 is 0. The third-order valence-corrected chi connectivity index (χ3v) is 4.77. The molecule has 0 unspecified atom stereocenters. The van der Waals surface area contributed by atoms with Crippen LogP contribution in [-0.4, -0.2) is 9.97 Å². The summed E-state index contributed by atoms with van der Waals surface area (Å²) in [5.41, 5.74) is 9.27. The smallest absolute Gasteiger partial charge is 0.0754 e. The van der Waals surface area contributed by atoms with E-state index in [4.69, 9.17) is 4.98 Å². The lowest BCUT2D eigenvalue weighted by atomic mass is 9.99. The molecule has 2 heteroatoms. The maximum atomic E-state index is 5.02. The van der Waals surface area contributed by atoms with Crippen LogP contribution in [0, 0.1) is 0 Å². The summed E-state index contributed by atoms with van der Waals surface area (Å²) in [6.45, 7) is 0. The molecule has 0 fully saturated rings. The van der Waals surface area contributed by atoms with Gasteiger partial charge in [0, 0.05) is 29.3 Å². The van der Waals surface area contributed by atoms with Crippen LogP contribution < -0.4 is 0 Å². The van der Waals surface area contributed by atoms with E-state index in [1.54, 1.807) is 0 Å². The van der Waals surface area contributed by atoms with E-state index in [1.807, 2.05) is 24.4 Å².